The van der Waals surface area contributed by atoms with E-state index < -0.39 is 8.32 Å². The van der Waals surface area contributed by atoms with E-state index in [9.17, 15) is 0 Å². The Kier molecular flexibility index (Phi) is 12.5. The van der Waals surface area contributed by atoms with Crippen LogP contribution in [0, 0.1) is 13.8 Å². The van der Waals surface area contributed by atoms with Crippen LogP contribution in [-0.2, 0) is 11.0 Å². The molecule has 0 aliphatic carbocycles. The smallest absolute Gasteiger partial charge is 0.261 e. The van der Waals surface area contributed by atoms with Gasteiger partial charge in [-0.25, -0.2) is 0 Å². The van der Waals surface area contributed by atoms with E-state index in [1.807, 2.05) is 0 Å². The predicted octanol–water partition coefficient (Wildman–Crippen LogP) is 9.97. The summed E-state index contributed by atoms with van der Waals surface area (Å²) in [5, 5.41) is 2.56. The van der Waals surface area contributed by atoms with Crippen LogP contribution in [0.5, 0.6) is 5.75 Å². The normalized spacial score (nSPS) is 12.1. The molecule has 46 heavy (non-hydrogen) atoms. The van der Waals surface area contributed by atoms with E-state index in [1.54, 1.807) is 7.11 Å². The summed E-state index contributed by atoms with van der Waals surface area (Å²) in [6.07, 6.45) is 9.20. The van der Waals surface area contributed by atoms with E-state index in [4.69, 9.17) is 9.16 Å². The number of benzene rings is 4. The molecule has 0 spiro atoms. The number of aryl methyl sites for hydroxylation is 2. The Hall–Kier alpha value is -3.60. The molecule has 4 aromatic carbocycles. The fourth-order valence-corrected chi connectivity index (χ4v) is 11.0. The van der Waals surface area contributed by atoms with Crippen molar-refractivity contribution in [2.24, 2.45) is 0 Å². The van der Waals surface area contributed by atoms with Gasteiger partial charge in [-0.05, 0) is 76.5 Å². The molecule has 0 radical (unpaired) electrons. The molecule has 0 fully saturated rings. The Morgan fingerprint density at radius 1 is 0.696 bits per heavy atom. The van der Waals surface area contributed by atoms with E-state index in [2.05, 4.69) is 157 Å². The van der Waals surface area contributed by atoms with E-state index in [-0.39, 0.29) is 5.04 Å². The zero-order valence-electron chi connectivity index (χ0n) is 29.5. The third-order valence-corrected chi connectivity index (χ3v) is 14.2. The summed E-state index contributed by atoms with van der Waals surface area (Å²) in [6, 6.07) is 33.0. The van der Waals surface area contributed by atoms with Crippen molar-refractivity contribution in [3.05, 3.63) is 119 Å². The molecule has 244 valence electrons. The van der Waals surface area contributed by atoms with Gasteiger partial charge in [0.1, 0.15) is 5.75 Å². The molecule has 0 saturated carbocycles. The van der Waals surface area contributed by atoms with Gasteiger partial charge in [-0.3, -0.25) is 0 Å². The van der Waals surface area contributed by atoms with Crippen LogP contribution in [-0.4, -0.2) is 28.5 Å². The summed E-state index contributed by atoms with van der Waals surface area (Å²) in [6.45, 7) is 18.7. The summed E-state index contributed by atoms with van der Waals surface area (Å²) >= 11 is 0. The molecule has 0 aliphatic rings. The second-order valence-corrected chi connectivity index (χ2v) is 17.8. The van der Waals surface area contributed by atoms with Crippen LogP contribution in [0.2, 0.25) is 5.04 Å². The van der Waals surface area contributed by atoms with E-state index >= 15 is 0 Å². The first-order chi connectivity index (χ1) is 22.1. The highest BCUT2D eigenvalue weighted by Gasteiger charge is 2.50. The van der Waals surface area contributed by atoms with Crippen molar-refractivity contribution >= 4 is 36.5 Å². The minimum Gasteiger partial charge on any atom is -0.496 e. The third kappa shape index (κ3) is 8.21. The topological polar surface area (TPSA) is 21.7 Å². The molecular weight excluding hydrogens is 579 g/mol. The molecule has 4 heteroatoms. The SMILES string of the molecule is CCCCN(CCCC)c1ccc(/C=C/c2cc(C)c(CO[Si](c3ccccc3)(c3ccccc3)C(C)(C)C)cc2C)c(OC)c1. The summed E-state index contributed by atoms with van der Waals surface area (Å²) in [4.78, 5) is 2.50. The third-order valence-electron chi connectivity index (χ3n) is 9.17. The van der Waals surface area contributed by atoms with Crippen molar-refractivity contribution in [1.82, 2.24) is 0 Å². The molecular formula is C42H55NO2Si. The zero-order chi connectivity index (χ0) is 33.2. The first-order valence-electron chi connectivity index (χ1n) is 17.1. The maximum absolute atomic E-state index is 7.27. The maximum Gasteiger partial charge on any atom is 0.261 e. The highest BCUT2D eigenvalue weighted by molar-refractivity contribution is 6.99. The van der Waals surface area contributed by atoms with Gasteiger partial charge < -0.3 is 14.1 Å². The maximum atomic E-state index is 7.27. The summed E-state index contributed by atoms with van der Waals surface area (Å²) in [5.74, 6) is 0.913. The fourth-order valence-electron chi connectivity index (χ4n) is 6.46. The predicted molar refractivity (Wildman–Crippen MR) is 202 cm³/mol. The first kappa shape index (κ1) is 35.3. The second-order valence-electron chi connectivity index (χ2n) is 13.5. The second kappa shape index (κ2) is 16.3. The largest absolute Gasteiger partial charge is 0.496 e. The highest BCUT2D eigenvalue weighted by Crippen LogP contribution is 2.38. The van der Waals surface area contributed by atoms with E-state index in [0.29, 0.717) is 6.61 Å². The Labute approximate surface area is 280 Å². The lowest BCUT2D eigenvalue weighted by atomic mass is 9.99. The van der Waals surface area contributed by atoms with Crippen molar-refractivity contribution in [3.63, 3.8) is 0 Å². The Morgan fingerprint density at radius 2 is 1.26 bits per heavy atom. The van der Waals surface area contributed by atoms with Crippen molar-refractivity contribution in [2.45, 2.75) is 85.8 Å². The van der Waals surface area contributed by atoms with Gasteiger partial charge in [-0.1, -0.05) is 132 Å². The molecule has 4 aromatic rings. The average molecular weight is 634 g/mol. The van der Waals surface area contributed by atoms with Gasteiger partial charge in [0.15, 0.2) is 0 Å². The molecule has 0 heterocycles. The Bertz CT molecular complexity index is 1510. The molecule has 0 atom stereocenters. The van der Waals surface area contributed by atoms with Gasteiger partial charge in [0.05, 0.1) is 13.7 Å². The monoisotopic (exact) mass is 633 g/mol. The van der Waals surface area contributed by atoms with Gasteiger partial charge in [0.25, 0.3) is 8.32 Å². The number of rotatable bonds is 15. The molecule has 0 amide bonds. The van der Waals surface area contributed by atoms with Crippen LogP contribution in [0.4, 0.5) is 5.69 Å². The Balaban J connectivity index is 1.60. The fraction of sp³-hybridized carbons (Fsp3) is 0.381. The van der Waals surface area contributed by atoms with Crippen molar-refractivity contribution in [1.29, 1.82) is 0 Å². The minimum atomic E-state index is -2.62. The summed E-state index contributed by atoms with van der Waals surface area (Å²) in [7, 11) is -0.843. The average Bonchev–Trinajstić information content (AvgIpc) is 3.06. The van der Waals surface area contributed by atoms with Gasteiger partial charge in [0, 0.05) is 30.4 Å². The van der Waals surface area contributed by atoms with Crippen molar-refractivity contribution in [2.75, 3.05) is 25.1 Å². The van der Waals surface area contributed by atoms with Crippen molar-refractivity contribution < 1.29 is 9.16 Å². The summed E-state index contributed by atoms with van der Waals surface area (Å²) < 4.78 is 13.1. The lowest BCUT2D eigenvalue weighted by Gasteiger charge is -2.43. The number of anilines is 1. The van der Waals surface area contributed by atoms with Crippen LogP contribution in [0.15, 0.2) is 91.0 Å². The minimum absolute atomic E-state index is 0.0566. The lowest BCUT2D eigenvalue weighted by Crippen LogP contribution is -2.66. The van der Waals surface area contributed by atoms with Gasteiger partial charge in [0.2, 0.25) is 0 Å². The molecule has 0 bridgehead atoms. The molecule has 0 saturated heterocycles. The molecule has 0 N–H and O–H groups in total. The number of nitrogens with zero attached hydrogens (tertiary/aromatic N) is 1. The van der Waals surface area contributed by atoms with Crippen LogP contribution in [0.1, 0.15) is 88.1 Å². The van der Waals surface area contributed by atoms with Crippen LogP contribution < -0.4 is 20.0 Å². The van der Waals surface area contributed by atoms with Gasteiger partial charge in [-0.15, -0.1) is 0 Å². The van der Waals surface area contributed by atoms with E-state index in [0.717, 1.165) is 24.4 Å². The molecule has 3 nitrogen and oxygen atoms in total. The quantitative estimate of drug-likeness (QED) is 0.0961. The van der Waals surface area contributed by atoms with E-state index in [1.165, 1.54) is 64.0 Å². The lowest BCUT2D eigenvalue weighted by molar-refractivity contribution is 0.285. The zero-order valence-corrected chi connectivity index (χ0v) is 30.5. The van der Waals surface area contributed by atoms with Gasteiger partial charge in [-0.2, -0.15) is 0 Å². The molecule has 0 aliphatic heterocycles. The van der Waals surface area contributed by atoms with Crippen LogP contribution in [0.25, 0.3) is 12.2 Å². The van der Waals surface area contributed by atoms with Crippen LogP contribution >= 0.6 is 0 Å². The van der Waals surface area contributed by atoms with Crippen LogP contribution in [0.3, 0.4) is 0 Å². The Morgan fingerprint density at radius 3 is 1.78 bits per heavy atom. The van der Waals surface area contributed by atoms with Gasteiger partial charge >= 0.3 is 0 Å². The first-order valence-corrected chi connectivity index (χ1v) is 19.0. The molecule has 0 unspecified atom stereocenters. The molecule has 0 aromatic heterocycles. The summed E-state index contributed by atoms with van der Waals surface area (Å²) in [5.41, 5.74) is 7.27. The molecule has 4 rings (SSSR count). The number of hydrogen-bond acceptors (Lipinski definition) is 3. The number of hydrogen-bond donors (Lipinski definition) is 0. The highest BCUT2D eigenvalue weighted by atomic mass is 28.4. The van der Waals surface area contributed by atoms with Crippen molar-refractivity contribution in [3.8, 4) is 5.75 Å². The number of unbranched alkanes of at least 4 members (excludes halogenated alkanes) is 2. The number of methoxy groups -OCH3 is 1. The number of ether oxygens (including phenoxy) is 1. The standard InChI is InChI=1S/C42H55NO2Si/c1-9-11-27-43(28-12-10-2)38-26-25-35(41(31-38)44-8)23-24-36-29-34(4)37(30-33(36)3)32-45-46(42(5,6)7,39-19-15-13-16-20-39)40-21-17-14-18-22-40/h13-26,29-31H,9-12,27-28,32H2,1-8H3/b24-23+.